The van der Waals surface area contributed by atoms with Crippen LogP contribution in [0.1, 0.15) is 213 Å². The van der Waals surface area contributed by atoms with Crippen LogP contribution in [0.3, 0.4) is 0 Å². The highest BCUT2D eigenvalue weighted by molar-refractivity contribution is 7.47. The van der Waals surface area contributed by atoms with Gasteiger partial charge in [0.2, 0.25) is 0 Å². The summed E-state index contributed by atoms with van der Waals surface area (Å²) in [5, 5.41) is 0. The van der Waals surface area contributed by atoms with Gasteiger partial charge in [0.05, 0.1) is 40.8 Å². The van der Waals surface area contributed by atoms with Crippen LogP contribution in [-0.2, 0) is 27.9 Å². The van der Waals surface area contributed by atoms with Gasteiger partial charge in [-0.05, 0) is 38.5 Å². The Morgan fingerprint density at radius 3 is 1.26 bits per heavy atom. The first-order valence-corrected chi connectivity index (χ1v) is 27.0. The molecule has 0 aromatic heterocycles. The zero-order chi connectivity index (χ0) is 45.5. The standard InChI is InChI=1S/C53H98NO7P/c1-6-8-10-12-14-16-18-20-22-23-24-25-26-27-28-29-30-31-33-35-37-39-41-43-45-48-58-50-52(51-60-62(56,57)59-49-47-54(3,4)5)61-53(55)46-44-42-40-38-36-34-32-21-19-17-15-13-11-9-7-2/h9,11,15,17,21,32,36,38,42,44,52H,6-8,10,12-14,16,18-20,22-31,33-35,37,39-41,43,45-51H2,1-5H3/p+1/b11-9-,17-15-,32-21-,38-36-,44-42-. The van der Waals surface area contributed by atoms with Crippen molar-refractivity contribution in [2.24, 2.45) is 0 Å². The Morgan fingerprint density at radius 2 is 0.871 bits per heavy atom. The van der Waals surface area contributed by atoms with E-state index in [2.05, 4.69) is 62.5 Å². The summed E-state index contributed by atoms with van der Waals surface area (Å²) in [7, 11) is 1.61. The maximum Gasteiger partial charge on any atom is 0.472 e. The average Bonchev–Trinajstić information content (AvgIpc) is 3.23. The van der Waals surface area contributed by atoms with Crippen LogP contribution in [0.2, 0.25) is 0 Å². The van der Waals surface area contributed by atoms with E-state index in [0.29, 0.717) is 17.6 Å². The van der Waals surface area contributed by atoms with Crippen molar-refractivity contribution < 1.29 is 37.3 Å². The van der Waals surface area contributed by atoms with Crippen LogP contribution in [0, 0.1) is 0 Å². The molecule has 0 aliphatic carbocycles. The third-order valence-corrected chi connectivity index (χ3v) is 11.9. The molecule has 0 fully saturated rings. The largest absolute Gasteiger partial charge is 0.472 e. The van der Waals surface area contributed by atoms with Crippen LogP contribution >= 0.6 is 7.82 Å². The highest BCUT2D eigenvalue weighted by Crippen LogP contribution is 2.43. The zero-order valence-electron chi connectivity index (χ0n) is 41.1. The molecule has 1 N–H and O–H groups in total. The molecule has 0 aliphatic rings. The topological polar surface area (TPSA) is 91.3 Å². The molecule has 2 unspecified atom stereocenters. The maximum absolute atomic E-state index is 12.7. The lowest BCUT2D eigenvalue weighted by Crippen LogP contribution is -2.37. The van der Waals surface area contributed by atoms with Gasteiger partial charge in [0.1, 0.15) is 19.3 Å². The van der Waals surface area contributed by atoms with Crippen molar-refractivity contribution in [1.29, 1.82) is 0 Å². The van der Waals surface area contributed by atoms with Crippen molar-refractivity contribution in [1.82, 2.24) is 0 Å². The molecule has 362 valence electrons. The van der Waals surface area contributed by atoms with Gasteiger partial charge >= 0.3 is 13.8 Å². The summed E-state index contributed by atoms with van der Waals surface area (Å²) in [6.45, 7) is 5.40. The van der Waals surface area contributed by atoms with Gasteiger partial charge in [-0.15, -0.1) is 0 Å². The molecular weight excluding hydrogens is 794 g/mol. The number of ether oxygens (including phenoxy) is 2. The SMILES string of the molecule is CC/C=C\C/C=C\C/C=C\C/C=C\C/C=C\CC(=O)OC(COCCCCCCCCCCCCCCCCCCCCCCCCCCC)COP(=O)(O)OCC[N+](C)(C)C. The number of unbranched alkanes of at least 4 members (excludes halogenated alkanes) is 24. The minimum absolute atomic E-state index is 0.0713. The highest BCUT2D eigenvalue weighted by atomic mass is 31.2. The quantitative estimate of drug-likeness (QED) is 0.0214. The van der Waals surface area contributed by atoms with Gasteiger partial charge < -0.3 is 18.9 Å². The lowest BCUT2D eigenvalue weighted by Gasteiger charge is -2.24. The van der Waals surface area contributed by atoms with Gasteiger partial charge in [0.25, 0.3) is 0 Å². The molecule has 9 heteroatoms. The first-order valence-electron chi connectivity index (χ1n) is 25.5. The maximum atomic E-state index is 12.7. The molecule has 0 rings (SSSR count). The van der Waals surface area contributed by atoms with Gasteiger partial charge in [-0.1, -0.05) is 229 Å². The van der Waals surface area contributed by atoms with E-state index in [4.69, 9.17) is 18.5 Å². The Balaban J connectivity index is 4.13. The molecule has 0 spiro atoms. The first kappa shape index (κ1) is 60.2. The second-order valence-corrected chi connectivity index (χ2v) is 19.6. The zero-order valence-corrected chi connectivity index (χ0v) is 42.0. The van der Waals surface area contributed by atoms with Crippen molar-refractivity contribution in [3.8, 4) is 0 Å². The third kappa shape index (κ3) is 49.2. The molecule has 0 radical (unpaired) electrons. The number of phosphoric ester groups is 1. The van der Waals surface area contributed by atoms with Crippen molar-refractivity contribution in [3.63, 3.8) is 0 Å². The fraction of sp³-hybridized carbons (Fsp3) is 0.792. The number of allylic oxidation sites excluding steroid dienone is 9. The van der Waals surface area contributed by atoms with Crippen LogP contribution in [0.5, 0.6) is 0 Å². The number of hydrogen-bond donors (Lipinski definition) is 1. The molecular formula is C53H99NO7P+. The van der Waals surface area contributed by atoms with E-state index in [9.17, 15) is 14.3 Å². The second-order valence-electron chi connectivity index (χ2n) is 18.2. The van der Waals surface area contributed by atoms with Crippen LogP contribution in [0.25, 0.3) is 0 Å². The number of nitrogens with zero attached hydrogens (tertiary/aromatic N) is 1. The van der Waals surface area contributed by atoms with E-state index in [1.807, 2.05) is 27.2 Å². The predicted molar refractivity (Wildman–Crippen MR) is 266 cm³/mol. The Bertz CT molecular complexity index is 1170. The Morgan fingerprint density at radius 1 is 0.500 bits per heavy atom. The van der Waals surface area contributed by atoms with Crippen LogP contribution < -0.4 is 0 Å². The first-order chi connectivity index (χ1) is 30.1. The predicted octanol–water partition coefficient (Wildman–Crippen LogP) is 15.7. The molecule has 0 aromatic rings. The number of rotatable bonds is 47. The molecule has 0 aliphatic heterocycles. The number of hydrogen-bond acceptors (Lipinski definition) is 6. The summed E-state index contributed by atoms with van der Waals surface area (Å²) in [6, 6.07) is 0. The number of esters is 1. The van der Waals surface area contributed by atoms with Gasteiger partial charge in [-0.25, -0.2) is 4.57 Å². The van der Waals surface area contributed by atoms with E-state index in [1.54, 1.807) is 6.08 Å². The summed E-state index contributed by atoms with van der Waals surface area (Å²) in [4.78, 5) is 22.9. The Hall–Kier alpha value is -1.80. The highest BCUT2D eigenvalue weighted by Gasteiger charge is 2.26. The van der Waals surface area contributed by atoms with Crippen molar-refractivity contribution in [2.45, 2.75) is 219 Å². The summed E-state index contributed by atoms with van der Waals surface area (Å²) in [5.74, 6) is -0.438. The molecule has 0 saturated heterocycles. The number of likely N-dealkylation sites (N-methyl/N-ethyl adjacent to an activating group) is 1. The number of carbonyl (C=O) groups is 1. The normalized spacial score (nSPS) is 14.1. The van der Waals surface area contributed by atoms with E-state index in [-0.39, 0.29) is 26.2 Å². The fourth-order valence-corrected chi connectivity index (χ4v) is 7.72. The van der Waals surface area contributed by atoms with Gasteiger partial charge in [-0.2, -0.15) is 0 Å². The molecule has 0 saturated carbocycles. The lowest BCUT2D eigenvalue weighted by atomic mass is 10.0. The molecule has 2 atom stereocenters. The minimum Gasteiger partial charge on any atom is -0.457 e. The fourth-order valence-electron chi connectivity index (χ4n) is 6.98. The summed E-state index contributed by atoms with van der Waals surface area (Å²) < 4.78 is 35.0. The van der Waals surface area contributed by atoms with Crippen molar-refractivity contribution in [2.75, 3.05) is 54.1 Å². The number of quaternary nitrogens is 1. The molecule has 0 bridgehead atoms. The minimum atomic E-state index is -4.30. The van der Waals surface area contributed by atoms with Crippen molar-refractivity contribution in [3.05, 3.63) is 60.8 Å². The monoisotopic (exact) mass is 893 g/mol. The molecule has 0 amide bonds. The summed E-state index contributed by atoms with van der Waals surface area (Å²) in [6.07, 6.45) is 58.9. The summed E-state index contributed by atoms with van der Waals surface area (Å²) in [5.41, 5.74) is 0. The van der Waals surface area contributed by atoms with Crippen LogP contribution in [-0.4, -0.2) is 75.6 Å². The van der Waals surface area contributed by atoms with Gasteiger partial charge in [0, 0.05) is 6.61 Å². The molecule has 0 heterocycles. The molecule has 8 nitrogen and oxygen atoms in total. The summed E-state index contributed by atoms with van der Waals surface area (Å²) >= 11 is 0. The lowest BCUT2D eigenvalue weighted by molar-refractivity contribution is -0.870. The Labute approximate surface area is 383 Å². The van der Waals surface area contributed by atoms with Gasteiger partial charge in [-0.3, -0.25) is 13.8 Å². The third-order valence-electron chi connectivity index (χ3n) is 10.9. The molecule has 62 heavy (non-hydrogen) atoms. The van der Waals surface area contributed by atoms with E-state index in [1.165, 1.54) is 148 Å². The van der Waals surface area contributed by atoms with E-state index >= 15 is 0 Å². The smallest absolute Gasteiger partial charge is 0.457 e. The van der Waals surface area contributed by atoms with Gasteiger partial charge in [0.15, 0.2) is 0 Å². The average molecular weight is 893 g/mol. The Kier molecular flexibility index (Phi) is 44.4. The van der Waals surface area contributed by atoms with E-state index in [0.717, 1.165) is 44.9 Å². The van der Waals surface area contributed by atoms with Crippen LogP contribution in [0.4, 0.5) is 0 Å². The van der Waals surface area contributed by atoms with Crippen LogP contribution in [0.15, 0.2) is 60.8 Å². The molecule has 0 aromatic carbocycles. The van der Waals surface area contributed by atoms with Crippen molar-refractivity contribution >= 4 is 13.8 Å². The number of carbonyl (C=O) groups excluding carboxylic acids is 1. The van der Waals surface area contributed by atoms with E-state index < -0.39 is 19.9 Å². The number of phosphoric acid groups is 1. The second kappa shape index (κ2) is 45.8.